The number of hydrogen-bond acceptors (Lipinski definition) is 3. The molecule has 1 heterocycles. The Hall–Kier alpha value is -2.11. The van der Waals surface area contributed by atoms with E-state index in [0.29, 0.717) is 6.10 Å². The Morgan fingerprint density at radius 2 is 1.89 bits per heavy atom. The number of guanidine groups is 1. The van der Waals surface area contributed by atoms with Crippen molar-refractivity contribution in [3.05, 3.63) is 48.0 Å². The van der Waals surface area contributed by atoms with Gasteiger partial charge in [0.15, 0.2) is 5.96 Å². The van der Waals surface area contributed by atoms with Crippen molar-refractivity contribution >= 4 is 16.7 Å². The van der Waals surface area contributed by atoms with Crippen LogP contribution in [-0.2, 0) is 15.9 Å². The molecule has 2 aromatic rings. The van der Waals surface area contributed by atoms with E-state index in [0.717, 1.165) is 64.5 Å². The van der Waals surface area contributed by atoms with E-state index in [9.17, 15) is 0 Å². The maximum absolute atomic E-state index is 5.95. The number of methoxy groups -OCH3 is 1. The second-order valence-electron chi connectivity index (χ2n) is 7.31. The number of rotatable bonds is 8. The van der Waals surface area contributed by atoms with Crippen LogP contribution in [0, 0.1) is 0 Å². The van der Waals surface area contributed by atoms with Crippen molar-refractivity contribution < 1.29 is 9.47 Å². The molecule has 0 saturated carbocycles. The van der Waals surface area contributed by atoms with Gasteiger partial charge in [-0.15, -0.1) is 0 Å². The van der Waals surface area contributed by atoms with E-state index >= 15 is 0 Å². The molecule has 0 atom stereocenters. The lowest BCUT2D eigenvalue weighted by molar-refractivity contribution is 0.00992. The van der Waals surface area contributed by atoms with E-state index in [1.54, 1.807) is 7.11 Å². The van der Waals surface area contributed by atoms with E-state index in [-0.39, 0.29) is 0 Å². The topological polar surface area (TPSA) is 46.1 Å². The van der Waals surface area contributed by atoms with E-state index in [2.05, 4.69) is 57.7 Å². The van der Waals surface area contributed by atoms with Gasteiger partial charge in [0.25, 0.3) is 0 Å². The summed E-state index contributed by atoms with van der Waals surface area (Å²) in [5.41, 5.74) is 1.35. The molecular formula is C23H33N3O2. The van der Waals surface area contributed by atoms with Gasteiger partial charge in [0, 0.05) is 47.0 Å². The summed E-state index contributed by atoms with van der Waals surface area (Å²) in [5.74, 6) is 0.999. The van der Waals surface area contributed by atoms with E-state index in [1.807, 2.05) is 7.05 Å². The second kappa shape index (κ2) is 11.0. The van der Waals surface area contributed by atoms with Crippen molar-refractivity contribution in [1.82, 2.24) is 10.2 Å². The van der Waals surface area contributed by atoms with Gasteiger partial charge in [0.1, 0.15) is 0 Å². The standard InChI is InChI=1S/C23H33N3O2/c1-24-23(26-14-11-22(12-15-26)28-17-5-16-27-2)25-13-10-19-8-9-20-6-3-4-7-21(20)18-19/h3-4,6-9,18,22H,5,10-17H2,1-2H3,(H,24,25). The Balaban J connectivity index is 1.41. The second-order valence-corrected chi connectivity index (χ2v) is 7.31. The number of aliphatic imine (C=N–C) groups is 1. The monoisotopic (exact) mass is 383 g/mol. The Kier molecular flexibility index (Phi) is 8.12. The van der Waals surface area contributed by atoms with Crippen molar-refractivity contribution in [3.63, 3.8) is 0 Å². The third-order valence-corrected chi connectivity index (χ3v) is 5.31. The maximum Gasteiger partial charge on any atom is 0.193 e. The lowest BCUT2D eigenvalue weighted by atomic mass is 10.1. The molecule has 0 aliphatic carbocycles. The number of hydrogen-bond donors (Lipinski definition) is 1. The summed E-state index contributed by atoms with van der Waals surface area (Å²) in [6.07, 6.45) is 4.43. The zero-order chi connectivity index (χ0) is 19.6. The highest BCUT2D eigenvalue weighted by atomic mass is 16.5. The van der Waals surface area contributed by atoms with Crippen LogP contribution in [0.5, 0.6) is 0 Å². The molecule has 1 aliphatic heterocycles. The lowest BCUT2D eigenvalue weighted by Gasteiger charge is -2.34. The van der Waals surface area contributed by atoms with Crippen LogP contribution in [0.3, 0.4) is 0 Å². The summed E-state index contributed by atoms with van der Waals surface area (Å²) in [7, 11) is 3.60. The third kappa shape index (κ3) is 5.94. The van der Waals surface area contributed by atoms with E-state index < -0.39 is 0 Å². The quantitative estimate of drug-likeness (QED) is 0.431. The molecule has 0 aromatic heterocycles. The molecule has 0 bridgehead atoms. The summed E-state index contributed by atoms with van der Waals surface area (Å²) in [4.78, 5) is 6.82. The van der Waals surface area contributed by atoms with Gasteiger partial charge < -0.3 is 19.7 Å². The van der Waals surface area contributed by atoms with Gasteiger partial charge in [-0.05, 0) is 42.0 Å². The van der Waals surface area contributed by atoms with Crippen LogP contribution >= 0.6 is 0 Å². The normalized spacial score (nSPS) is 15.9. The number of ether oxygens (including phenoxy) is 2. The van der Waals surface area contributed by atoms with Gasteiger partial charge in [-0.2, -0.15) is 0 Å². The Labute approximate surface area is 168 Å². The highest BCUT2D eigenvalue weighted by Crippen LogP contribution is 2.16. The molecule has 1 N–H and O–H groups in total. The first-order valence-electron chi connectivity index (χ1n) is 10.3. The summed E-state index contributed by atoms with van der Waals surface area (Å²) in [6, 6.07) is 15.2. The highest BCUT2D eigenvalue weighted by Gasteiger charge is 2.21. The van der Waals surface area contributed by atoms with Crippen LogP contribution in [0.2, 0.25) is 0 Å². The lowest BCUT2D eigenvalue weighted by Crippen LogP contribution is -2.47. The first-order chi connectivity index (χ1) is 13.8. The molecule has 5 nitrogen and oxygen atoms in total. The van der Waals surface area contributed by atoms with Crippen molar-refractivity contribution in [3.8, 4) is 0 Å². The Bertz CT molecular complexity index is 754. The molecule has 1 fully saturated rings. The largest absolute Gasteiger partial charge is 0.385 e. The molecule has 0 unspecified atom stereocenters. The minimum absolute atomic E-state index is 0.365. The van der Waals surface area contributed by atoms with Gasteiger partial charge in [-0.3, -0.25) is 4.99 Å². The Morgan fingerprint density at radius 3 is 2.64 bits per heavy atom. The van der Waals surface area contributed by atoms with Crippen molar-refractivity contribution in [1.29, 1.82) is 0 Å². The molecule has 1 aliphatic rings. The predicted octanol–water partition coefficient (Wildman–Crippen LogP) is 3.48. The summed E-state index contributed by atoms with van der Waals surface area (Å²) in [5, 5.41) is 6.13. The average molecular weight is 384 g/mol. The maximum atomic E-state index is 5.95. The van der Waals surface area contributed by atoms with Gasteiger partial charge in [-0.25, -0.2) is 0 Å². The van der Waals surface area contributed by atoms with Gasteiger partial charge in [0.05, 0.1) is 6.10 Å². The predicted molar refractivity (Wildman–Crippen MR) is 116 cm³/mol. The van der Waals surface area contributed by atoms with Crippen LogP contribution < -0.4 is 5.32 Å². The average Bonchev–Trinajstić information content (AvgIpc) is 2.75. The molecule has 0 radical (unpaired) electrons. The van der Waals surface area contributed by atoms with Gasteiger partial charge in [0.2, 0.25) is 0 Å². The number of fused-ring (bicyclic) bond motifs is 1. The SMILES string of the molecule is CN=C(NCCc1ccc2ccccc2c1)N1CCC(OCCCOC)CC1. The van der Waals surface area contributed by atoms with Crippen LogP contribution in [0.1, 0.15) is 24.8 Å². The van der Waals surface area contributed by atoms with Crippen molar-refractivity contribution in [2.75, 3.05) is 47.0 Å². The number of piperidine rings is 1. The highest BCUT2D eigenvalue weighted by molar-refractivity contribution is 5.83. The molecule has 28 heavy (non-hydrogen) atoms. The Morgan fingerprint density at radius 1 is 1.11 bits per heavy atom. The fourth-order valence-electron chi connectivity index (χ4n) is 3.73. The first kappa shape index (κ1) is 20.6. The molecule has 3 rings (SSSR count). The van der Waals surface area contributed by atoms with Crippen LogP contribution in [0.4, 0.5) is 0 Å². The number of likely N-dealkylation sites (tertiary alicyclic amines) is 1. The summed E-state index contributed by atoms with van der Waals surface area (Å²) in [6.45, 7) is 4.43. The third-order valence-electron chi connectivity index (χ3n) is 5.31. The van der Waals surface area contributed by atoms with E-state index in [1.165, 1.54) is 16.3 Å². The molecule has 5 heteroatoms. The minimum Gasteiger partial charge on any atom is -0.385 e. The first-order valence-corrected chi connectivity index (χ1v) is 10.3. The molecule has 1 saturated heterocycles. The molecule has 2 aromatic carbocycles. The summed E-state index contributed by atoms with van der Waals surface area (Å²) >= 11 is 0. The zero-order valence-corrected chi connectivity index (χ0v) is 17.2. The van der Waals surface area contributed by atoms with Crippen LogP contribution in [0.15, 0.2) is 47.5 Å². The van der Waals surface area contributed by atoms with Crippen molar-refractivity contribution in [2.45, 2.75) is 31.8 Å². The molecule has 0 amide bonds. The molecule has 0 spiro atoms. The van der Waals surface area contributed by atoms with Gasteiger partial charge in [-0.1, -0.05) is 42.5 Å². The number of nitrogens with zero attached hydrogens (tertiary/aromatic N) is 2. The fraction of sp³-hybridized carbons (Fsp3) is 0.522. The van der Waals surface area contributed by atoms with Crippen LogP contribution in [-0.4, -0.2) is 64.0 Å². The zero-order valence-electron chi connectivity index (χ0n) is 17.2. The molecule has 152 valence electrons. The minimum atomic E-state index is 0.365. The summed E-state index contributed by atoms with van der Waals surface area (Å²) < 4.78 is 11.0. The molecular weight excluding hydrogens is 350 g/mol. The number of benzene rings is 2. The van der Waals surface area contributed by atoms with Crippen LogP contribution in [0.25, 0.3) is 10.8 Å². The van der Waals surface area contributed by atoms with Gasteiger partial charge >= 0.3 is 0 Å². The van der Waals surface area contributed by atoms with E-state index in [4.69, 9.17) is 9.47 Å². The number of nitrogens with one attached hydrogen (secondary N) is 1. The fourth-order valence-corrected chi connectivity index (χ4v) is 3.73. The smallest absolute Gasteiger partial charge is 0.193 e. The van der Waals surface area contributed by atoms with Crippen molar-refractivity contribution in [2.24, 2.45) is 4.99 Å².